The summed E-state index contributed by atoms with van der Waals surface area (Å²) in [5.41, 5.74) is 2.94. The minimum absolute atomic E-state index is 0.256. The minimum atomic E-state index is -0.272. The van der Waals surface area contributed by atoms with Gasteiger partial charge in [0.05, 0.1) is 5.69 Å². The van der Waals surface area contributed by atoms with Crippen LogP contribution in [-0.4, -0.2) is 16.9 Å². The number of hydrogen-bond donors (Lipinski definition) is 1. The van der Waals surface area contributed by atoms with E-state index in [0.29, 0.717) is 11.4 Å². The van der Waals surface area contributed by atoms with Crippen molar-refractivity contribution in [1.82, 2.24) is 4.98 Å². The van der Waals surface area contributed by atoms with E-state index in [1.165, 1.54) is 6.07 Å². The van der Waals surface area contributed by atoms with E-state index in [-0.39, 0.29) is 12.5 Å². The number of hydroxylamine groups is 1. The van der Waals surface area contributed by atoms with E-state index in [9.17, 15) is 9.60 Å². The predicted octanol–water partition coefficient (Wildman–Crippen LogP) is 4.19. The Balaban J connectivity index is 1.80. The molecule has 0 radical (unpaired) electrons. The van der Waals surface area contributed by atoms with Gasteiger partial charge in [-0.15, -0.1) is 0 Å². The van der Waals surface area contributed by atoms with Crippen LogP contribution in [0, 0.1) is 5.82 Å². The zero-order chi connectivity index (χ0) is 15.8. The first kappa shape index (κ1) is 13.7. The minimum Gasteiger partial charge on any atom is -0.318 e. The number of aromatic nitrogens is 1. The molecule has 0 spiro atoms. The molecule has 2 aromatic carbocycles. The van der Waals surface area contributed by atoms with Crippen molar-refractivity contribution in [2.24, 2.45) is 0 Å². The first-order valence-electron chi connectivity index (χ1n) is 7.28. The molecular weight excluding hydrogens is 293 g/mol. The largest absolute Gasteiger partial charge is 0.318 e. The second kappa shape index (κ2) is 5.37. The van der Waals surface area contributed by atoms with E-state index in [4.69, 9.17) is 0 Å². The third-order valence-corrected chi connectivity index (χ3v) is 3.92. The van der Waals surface area contributed by atoms with Crippen LogP contribution in [0.15, 0.2) is 66.9 Å². The molecule has 1 aromatic heterocycles. The monoisotopic (exact) mass is 307 g/mol. The fraction of sp³-hybridized carbons (Fsp3) is 0.0556. The van der Waals surface area contributed by atoms with Crippen LogP contribution >= 0.6 is 0 Å². The topological polar surface area (TPSA) is 39.6 Å². The fourth-order valence-electron chi connectivity index (χ4n) is 2.82. The summed E-state index contributed by atoms with van der Waals surface area (Å²) < 4.78 is 14.2. The second-order valence-electron chi connectivity index (χ2n) is 5.35. The Hall–Kier alpha value is -2.92. The molecular formula is C18H14FN3O. The number of pyridine rings is 1. The molecule has 5 heteroatoms. The van der Waals surface area contributed by atoms with Gasteiger partial charge in [0, 0.05) is 17.4 Å². The Bertz CT molecular complexity index is 854. The van der Waals surface area contributed by atoms with Gasteiger partial charge in [-0.05, 0) is 35.9 Å². The Morgan fingerprint density at radius 3 is 2.65 bits per heavy atom. The zero-order valence-corrected chi connectivity index (χ0v) is 12.2. The molecule has 114 valence electrons. The SMILES string of the molecule is ON1CN(c2ccc(F)c(-c3ccccc3)c2)c2cccnc21. The third-order valence-electron chi connectivity index (χ3n) is 3.92. The molecule has 0 fully saturated rings. The molecule has 1 aliphatic rings. The van der Waals surface area contributed by atoms with Crippen LogP contribution in [0.4, 0.5) is 21.6 Å². The molecule has 0 unspecified atom stereocenters. The molecule has 0 amide bonds. The molecule has 1 N–H and O–H groups in total. The lowest BCUT2D eigenvalue weighted by Crippen LogP contribution is -2.24. The van der Waals surface area contributed by atoms with Gasteiger partial charge < -0.3 is 4.90 Å². The Kier molecular flexibility index (Phi) is 3.20. The number of hydrogen-bond acceptors (Lipinski definition) is 4. The molecule has 4 nitrogen and oxygen atoms in total. The smallest absolute Gasteiger partial charge is 0.178 e. The van der Waals surface area contributed by atoms with Crippen molar-refractivity contribution in [3.63, 3.8) is 0 Å². The number of anilines is 3. The average molecular weight is 307 g/mol. The molecule has 4 rings (SSSR count). The summed E-state index contributed by atoms with van der Waals surface area (Å²) in [5.74, 6) is 0.226. The summed E-state index contributed by atoms with van der Waals surface area (Å²) in [6.07, 6.45) is 1.63. The summed E-state index contributed by atoms with van der Waals surface area (Å²) in [5, 5.41) is 11.1. The highest BCUT2D eigenvalue weighted by atomic mass is 19.1. The van der Waals surface area contributed by atoms with Gasteiger partial charge in [0.25, 0.3) is 0 Å². The fourth-order valence-corrected chi connectivity index (χ4v) is 2.82. The highest BCUT2D eigenvalue weighted by Crippen LogP contribution is 2.39. The van der Waals surface area contributed by atoms with Gasteiger partial charge in [-0.1, -0.05) is 30.3 Å². The number of nitrogens with zero attached hydrogens (tertiary/aromatic N) is 3. The van der Waals surface area contributed by atoms with Gasteiger partial charge in [-0.2, -0.15) is 0 Å². The standard InChI is InChI=1S/C18H14FN3O/c19-16-9-8-14(11-15(16)13-5-2-1-3-6-13)21-12-22(23)18-17(21)7-4-10-20-18/h1-11,23H,12H2. The van der Waals surface area contributed by atoms with E-state index in [2.05, 4.69) is 4.98 Å². The lowest BCUT2D eigenvalue weighted by molar-refractivity contribution is 0.262. The van der Waals surface area contributed by atoms with E-state index in [1.54, 1.807) is 18.3 Å². The molecule has 2 heterocycles. The van der Waals surface area contributed by atoms with Crippen molar-refractivity contribution in [1.29, 1.82) is 0 Å². The van der Waals surface area contributed by atoms with Crippen molar-refractivity contribution in [3.8, 4) is 11.1 Å². The Labute approximate surface area is 133 Å². The summed E-state index contributed by atoms with van der Waals surface area (Å²) in [7, 11) is 0. The maximum Gasteiger partial charge on any atom is 0.178 e. The van der Waals surface area contributed by atoms with Crippen LogP contribution in [0.25, 0.3) is 11.1 Å². The Morgan fingerprint density at radius 1 is 1.00 bits per heavy atom. The number of fused-ring (bicyclic) bond motifs is 1. The molecule has 0 atom stereocenters. The summed E-state index contributed by atoms with van der Waals surface area (Å²) in [4.78, 5) is 6.07. The molecule has 0 bridgehead atoms. The molecule has 0 saturated carbocycles. The molecule has 1 aliphatic heterocycles. The van der Waals surface area contributed by atoms with Gasteiger partial charge >= 0.3 is 0 Å². The maximum absolute atomic E-state index is 14.2. The van der Waals surface area contributed by atoms with E-state index < -0.39 is 0 Å². The normalized spacial score (nSPS) is 13.3. The van der Waals surface area contributed by atoms with Crippen molar-refractivity contribution >= 4 is 17.2 Å². The predicted molar refractivity (Wildman–Crippen MR) is 87.3 cm³/mol. The number of benzene rings is 2. The quantitative estimate of drug-likeness (QED) is 0.770. The van der Waals surface area contributed by atoms with Gasteiger partial charge in [0.2, 0.25) is 0 Å². The summed E-state index contributed by atoms with van der Waals surface area (Å²) >= 11 is 0. The average Bonchev–Trinajstić information content (AvgIpc) is 2.94. The van der Waals surface area contributed by atoms with Crippen LogP contribution in [0.3, 0.4) is 0 Å². The number of rotatable bonds is 2. The summed E-state index contributed by atoms with van der Waals surface area (Å²) in [6.45, 7) is 0.256. The van der Waals surface area contributed by atoms with Crippen molar-refractivity contribution in [3.05, 3.63) is 72.7 Å². The Morgan fingerprint density at radius 2 is 1.83 bits per heavy atom. The van der Waals surface area contributed by atoms with Gasteiger partial charge in [0.15, 0.2) is 5.82 Å². The molecule has 23 heavy (non-hydrogen) atoms. The van der Waals surface area contributed by atoms with Crippen LogP contribution in [0.1, 0.15) is 0 Å². The first-order valence-corrected chi connectivity index (χ1v) is 7.28. The second-order valence-corrected chi connectivity index (χ2v) is 5.35. The van der Waals surface area contributed by atoms with Crippen LogP contribution < -0.4 is 9.96 Å². The number of halogens is 1. The van der Waals surface area contributed by atoms with Gasteiger partial charge in [-0.25, -0.2) is 14.4 Å². The van der Waals surface area contributed by atoms with Gasteiger partial charge in [0.1, 0.15) is 12.5 Å². The first-order chi connectivity index (χ1) is 11.2. The molecule has 0 saturated heterocycles. The van der Waals surface area contributed by atoms with Crippen LogP contribution in [-0.2, 0) is 0 Å². The lowest BCUT2D eigenvalue weighted by atomic mass is 10.0. The summed E-state index contributed by atoms with van der Waals surface area (Å²) in [6, 6.07) is 18.1. The highest BCUT2D eigenvalue weighted by molar-refractivity contribution is 5.80. The molecule has 0 aliphatic carbocycles. The van der Waals surface area contributed by atoms with E-state index in [0.717, 1.165) is 22.0 Å². The van der Waals surface area contributed by atoms with Gasteiger partial charge in [-0.3, -0.25) is 5.21 Å². The van der Waals surface area contributed by atoms with E-state index >= 15 is 0 Å². The lowest BCUT2D eigenvalue weighted by Gasteiger charge is -2.19. The van der Waals surface area contributed by atoms with Crippen LogP contribution in [0.2, 0.25) is 0 Å². The van der Waals surface area contributed by atoms with Crippen LogP contribution in [0.5, 0.6) is 0 Å². The van der Waals surface area contributed by atoms with Crippen molar-refractivity contribution in [2.75, 3.05) is 16.6 Å². The third kappa shape index (κ3) is 2.31. The zero-order valence-electron chi connectivity index (χ0n) is 12.2. The van der Waals surface area contributed by atoms with E-state index in [1.807, 2.05) is 47.4 Å². The van der Waals surface area contributed by atoms with Crippen molar-refractivity contribution < 1.29 is 9.60 Å². The molecule has 3 aromatic rings. The maximum atomic E-state index is 14.2. The van der Waals surface area contributed by atoms with Crippen molar-refractivity contribution in [2.45, 2.75) is 0 Å². The highest BCUT2D eigenvalue weighted by Gasteiger charge is 2.27.